The number of aryl methyl sites for hydroxylation is 3. The number of nitrogens with zero attached hydrogens (tertiary/aromatic N) is 3. The number of hydrogen-bond donors (Lipinski definition) is 1. The average Bonchev–Trinajstić information content (AvgIpc) is 2.99. The number of aromatic nitrogens is 3. The van der Waals surface area contributed by atoms with Gasteiger partial charge in [-0.2, -0.15) is 0 Å². The fourth-order valence-electron chi connectivity index (χ4n) is 3.89. The number of rotatable bonds is 2. The number of H-pyrrole nitrogens is 1. The minimum atomic E-state index is 0. The quantitative estimate of drug-likeness (QED) is 0.543. The molecule has 1 aliphatic rings. The van der Waals surface area contributed by atoms with Gasteiger partial charge in [-0.1, -0.05) is 26.3 Å². The van der Waals surface area contributed by atoms with Crippen LogP contribution in [0.5, 0.6) is 0 Å². The summed E-state index contributed by atoms with van der Waals surface area (Å²) in [6.07, 6.45) is 7.49. The molecule has 1 fully saturated rings. The average molecular weight is 496 g/mol. The van der Waals surface area contributed by atoms with Gasteiger partial charge in [-0.3, -0.25) is 16.7 Å². The summed E-state index contributed by atoms with van der Waals surface area (Å²) in [7, 11) is 0. The third-order valence-corrected chi connectivity index (χ3v) is 4.87. The molecule has 2 radical (unpaired) electrons. The molecule has 3 aromatic rings. The number of fused-ring (bicyclic) bond motifs is 1. The fraction of sp³-hybridized carbons (Fsp3) is 0.400. The van der Waals surface area contributed by atoms with E-state index in [-0.39, 0.29) is 65.4 Å². The van der Waals surface area contributed by atoms with Crippen LogP contribution in [0.25, 0.3) is 22.2 Å². The Labute approximate surface area is 205 Å². The molecule has 1 aliphatic heterocycles. The summed E-state index contributed by atoms with van der Waals surface area (Å²) in [5.41, 5.74) is 6.62. The van der Waals surface area contributed by atoms with Crippen molar-refractivity contribution in [3.63, 3.8) is 0 Å². The molecule has 2 aromatic heterocycles. The predicted octanol–water partition coefficient (Wildman–Crippen LogP) is 4.14. The molecule has 130 valence electrons. The zero-order valence-electron chi connectivity index (χ0n) is 15.7. The van der Waals surface area contributed by atoms with E-state index in [1.54, 1.807) is 6.33 Å². The Kier molecular flexibility index (Phi) is 7.97. The fourth-order valence-corrected chi connectivity index (χ4v) is 3.89. The molecule has 1 aromatic carbocycles. The van der Waals surface area contributed by atoms with Crippen molar-refractivity contribution in [3.8, 4) is 11.1 Å². The minimum Gasteiger partial charge on any atom is -0.356 e. The molecule has 3 heterocycles. The Morgan fingerprint density at radius 1 is 0.962 bits per heavy atom. The Balaban J connectivity index is 0.00000121. The van der Waals surface area contributed by atoms with Crippen LogP contribution in [0.3, 0.4) is 0 Å². The first-order valence-electron chi connectivity index (χ1n) is 8.65. The first kappa shape index (κ1) is 22.1. The van der Waals surface area contributed by atoms with E-state index in [1.807, 2.05) is 6.92 Å². The maximum atomic E-state index is 4.64. The van der Waals surface area contributed by atoms with E-state index in [0.29, 0.717) is 0 Å². The Morgan fingerprint density at radius 3 is 2.27 bits per heavy atom. The maximum absolute atomic E-state index is 4.64. The molecule has 1 saturated heterocycles. The maximum Gasteiger partial charge on any atom is 0.141 e. The van der Waals surface area contributed by atoms with Gasteiger partial charge in [0.05, 0.1) is 0 Å². The monoisotopic (exact) mass is 496 g/mol. The SMILES string of the molecule is Cc1[c-]c(C)c(-c2c[nH]c3ncnc(N4CCCCC4)c23)c(C)[c-]1.[Y].[Y]. The molecule has 0 saturated carbocycles. The molecule has 0 bridgehead atoms. The van der Waals surface area contributed by atoms with Crippen LogP contribution in [-0.2, 0) is 65.4 Å². The van der Waals surface area contributed by atoms with Crippen molar-refractivity contribution >= 4 is 16.9 Å². The smallest absolute Gasteiger partial charge is 0.141 e. The van der Waals surface area contributed by atoms with Gasteiger partial charge in [0.1, 0.15) is 17.8 Å². The molecule has 26 heavy (non-hydrogen) atoms. The van der Waals surface area contributed by atoms with Crippen molar-refractivity contribution < 1.29 is 65.4 Å². The van der Waals surface area contributed by atoms with Crippen molar-refractivity contribution in [1.82, 2.24) is 15.0 Å². The van der Waals surface area contributed by atoms with Gasteiger partial charge >= 0.3 is 0 Å². The molecule has 4 rings (SSSR count). The van der Waals surface area contributed by atoms with Crippen molar-refractivity contribution in [1.29, 1.82) is 0 Å². The third kappa shape index (κ3) is 4.14. The van der Waals surface area contributed by atoms with Crippen LogP contribution < -0.4 is 4.90 Å². The Bertz CT molecular complexity index is 875. The molecule has 1 N–H and O–H groups in total. The molecule has 4 nitrogen and oxygen atoms in total. The summed E-state index contributed by atoms with van der Waals surface area (Å²) in [5.74, 6) is 1.05. The first-order valence-corrected chi connectivity index (χ1v) is 8.65. The summed E-state index contributed by atoms with van der Waals surface area (Å²) < 4.78 is 0. The molecular weight excluding hydrogens is 474 g/mol. The largest absolute Gasteiger partial charge is 0.356 e. The van der Waals surface area contributed by atoms with E-state index in [4.69, 9.17) is 0 Å². The van der Waals surface area contributed by atoms with Crippen LogP contribution in [0, 0.1) is 32.9 Å². The van der Waals surface area contributed by atoms with E-state index in [0.717, 1.165) is 52.2 Å². The number of hydrogen-bond acceptors (Lipinski definition) is 3. The summed E-state index contributed by atoms with van der Waals surface area (Å²) in [6.45, 7) is 8.42. The molecule has 0 amide bonds. The molecule has 0 atom stereocenters. The van der Waals surface area contributed by atoms with Crippen molar-refractivity contribution in [2.75, 3.05) is 18.0 Å². The van der Waals surface area contributed by atoms with E-state index < -0.39 is 0 Å². The Hall–Kier alpha value is -0.152. The van der Waals surface area contributed by atoms with Gasteiger partial charge in [0, 0.05) is 83.9 Å². The zero-order chi connectivity index (χ0) is 16.7. The van der Waals surface area contributed by atoms with Gasteiger partial charge in [-0.05, 0) is 25.5 Å². The van der Waals surface area contributed by atoms with Crippen molar-refractivity contribution in [3.05, 3.63) is 41.3 Å². The van der Waals surface area contributed by atoms with Crippen LogP contribution >= 0.6 is 0 Å². The van der Waals surface area contributed by atoms with Gasteiger partial charge in [-0.15, -0.1) is 0 Å². The molecule has 0 spiro atoms. The zero-order valence-corrected chi connectivity index (χ0v) is 21.4. The summed E-state index contributed by atoms with van der Waals surface area (Å²) >= 11 is 0. The number of piperidine rings is 1. The normalized spacial score (nSPS) is 14.0. The van der Waals surface area contributed by atoms with Gasteiger partial charge in [-0.25, -0.2) is 15.5 Å². The van der Waals surface area contributed by atoms with Crippen LogP contribution in [-0.4, -0.2) is 28.0 Å². The van der Waals surface area contributed by atoms with Crippen molar-refractivity contribution in [2.24, 2.45) is 0 Å². The summed E-state index contributed by atoms with van der Waals surface area (Å²) in [5, 5.41) is 1.12. The summed E-state index contributed by atoms with van der Waals surface area (Å²) in [6, 6.07) is 6.82. The van der Waals surface area contributed by atoms with Gasteiger partial charge in [0.15, 0.2) is 0 Å². The molecular formula is C20H22N4Y2-2. The second kappa shape index (κ2) is 9.36. The van der Waals surface area contributed by atoms with Gasteiger partial charge < -0.3 is 22.0 Å². The molecule has 0 aliphatic carbocycles. The standard InChI is InChI=1S/C20H22N4.2Y/c1-13-9-14(2)17(15(3)10-13)16-11-21-19-18(16)20(23-12-22-19)24-7-5-4-6-8-24;;/h11-12H,4-8H2,1-3H3,(H,21,22,23);;/q-2;;. The second-order valence-corrected chi connectivity index (χ2v) is 6.67. The van der Waals surface area contributed by atoms with Gasteiger partial charge in [0.25, 0.3) is 0 Å². The van der Waals surface area contributed by atoms with Crippen LogP contribution in [0.15, 0.2) is 12.5 Å². The van der Waals surface area contributed by atoms with E-state index in [9.17, 15) is 0 Å². The Morgan fingerprint density at radius 2 is 1.62 bits per heavy atom. The number of anilines is 1. The number of aromatic amines is 1. The molecule has 6 heteroatoms. The number of benzene rings is 1. The van der Waals surface area contributed by atoms with Crippen LogP contribution in [0.4, 0.5) is 5.82 Å². The van der Waals surface area contributed by atoms with E-state index in [1.165, 1.54) is 24.8 Å². The minimum absolute atomic E-state index is 0. The van der Waals surface area contributed by atoms with E-state index >= 15 is 0 Å². The van der Waals surface area contributed by atoms with Crippen LogP contribution in [0.1, 0.15) is 36.0 Å². The summed E-state index contributed by atoms with van der Waals surface area (Å²) in [4.78, 5) is 14.8. The number of nitrogens with one attached hydrogen (secondary N) is 1. The van der Waals surface area contributed by atoms with E-state index in [2.05, 4.69) is 52.0 Å². The first-order chi connectivity index (χ1) is 11.6. The van der Waals surface area contributed by atoms with Crippen LogP contribution in [0.2, 0.25) is 0 Å². The topological polar surface area (TPSA) is 44.8 Å². The molecule has 0 unspecified atom stereocenters. The predicted molar refractivity (Wildman–Crippen MR) is 97.3 cm³/mol. The third-order valence-electron chi connectivity index (χ3n) is 4.87. The second-order valence-electron chi connectivity index (χ2n) is 6.67. The van der Waals surface area contributed by atoms with Gasteiger partial charge in [0.2, 0.25) is 0 Å². The van der Waals surface area contributed by atoms with Crippen molar-refractivity contribution in [2.45, 2.75) is 40.0 Å².